The predicted octanol–water partition coefficient (Wildman–Crippen LogP) is 1.56. The van der Waals surface area contributed by atoms with Crippen LogP contribution in [0.3, 0.4) is 0 Å². The molecule has 1 heterocycles. The van der Waals surface area contributed by atoms with E-state index in [1.54, 1.807) is 12.1 Å². The number of hydrogen-bond acceptors (Lipinski definition) is 3. The van der Waals surface area contributed by atoms with Gasteiger partial charge in [-0.2, -0.15) is 0 Å². The molecule has 0 amide bonds. The highest BCUT2D eigenvalue weighted by Gasteiger charge is 2.02. The highest BCUT2D eigenvalue weighted by Crippen LogP contribution is 2.11. The van der Waals surface area contributed by atoms with Crippen molar-refractivity contribution in [3.8, 4) is 0 Å². The molecule has 0 aliphatic carbocycles. The summed E-state index contributed by atoms with van der Waals surface area (Å²) in [4.78, 5) is 11.1. The molecule has 0 fully saturated rings. The van der Waals surface area contributed by atoms with Gasteiger partial charge in [-0.15, -0.1) is 0 Å². The van der Waals surface area contributed by atoms with Gasteiger partial charge in [-0.05, 0) is 31.6 Å². The molecule has 0 spiro atoms. The van der Waals surface area contributed by atoms with Gasteiger partial charge < -0.3 is 9.52 Å². The Morgan fingerprint density at radius 3 is 2.77 bits per heavy atom. The average molecular weight is 180 g/mol. The maximum atomic E-state index is 11.1. The molecule has 0 aliphatic rings. The van der Waals surface area contributed by atoms with Gasteiger partial charge in [0, 0.05) is 0 Å². The van der Waals surface area contributed by atoms with Crippen molar-refractivity contribution >= 4 is 5.57 Å². The van der Waals surface area contributed by atoms with E-state index in [-0.39, 0.29) is 12.2 Å². The van der Waals surface area contributed by atoms with Crippen LogP contribution in [0.5, 0.6) is 0 Å². The van der Waals surface area contributed by atoms with E-state index in [0.717, 1.165) is 5.57 Å². The third-order valence-corrected chi connectivity index (χ3v) is 1.89. The summed E-state index contributed by atoms with van der Waals surface area (Å²) < 4.78 is 4.97. The molecular weight excluding hydrogens is 168 g/mol. The Hall–Kier alpha value is -1.35. The normalized spacial score (nSPS) is 11.8. The lowest BCUT2D eigenvalue weighted by Crippen LogP contribution is -2.07. The zero-order chi connectivity index (χ0) is 9.84. The standard InChI is InChI=1S/C10H12O3/c1-3-7(2)9-5-4-8(6-11)10(12)13-9/h3-5,11H,6H2,1-2H3/b7-3-. The molecule has 1 N–H and O–H groups in total. The van der Waals surface area contributed by atoms with Crippen LogP contribution in [0.1, 0.15) is 25.2 Å². The quantitative estimate of drug-likeness (QED) is 0.751. The zero-order valence-corrected chi connectivity index (χ0v) is 7.70. The van der Waals surface area contributed by atoms with Gasteiger partial charge in [-0.1, -0.05) is 6.08 Å². The van der Waals surface area contributed by atoms with Crippen LogP contribution in [0.25, 0.3) is 5.57 Å². The third kappa shape index (κ3) is 2.06. The molecule has 0 unspecified atom stereocenters. The molecule has 0 saturated heterocycles. The van der Waals surface area contributed by atoms with E-state index in [9.17, 15) is 4.79 Å². The summed E-state index contributed by atoms with van der Waals surface area (Å²) in [5.41, 5.74) is 0.718. The summed E-state index contributed by atoms with van der Waals surface area (Å²) in [7, 11) is 0. The maximum Gasteiger partial charge on any atom is 0.341 e. The SMILES string of the molecule is C/C=C(/C)c1ccc(CO)c(=O)o1. The van der Waals surface area contributed by atoms with Gasteiger partial charge in [0.2, 0.25) is 0 Å². The molecule has 0 radical (unpaired) electrons. The highest BCUT2D eigenvalue weighted by molar-refractivity contribution is 5.58. The van der Waals surface area contributed by atoms with Crippen molar-refractivity contribution in [3.63, 3.8) is 0 Å². The van der Waals surface area contributed by atoms with E-state index in [2.05, 4.69) is 0 Å². The fourth-order valence-electron chi connectivity index (χ4n) is 0.915. The molecule has 1 aromatic rings. The molecule has 1 rings (SSSR count). The number of aliphatic hydroxyl groups is 1. The largest absolute Gasteiger partial charge is 0.423 e. The summed E-state index contributed by atoms with van der Waals surface area (Å²) in [6, 6.07) is 3.26. The first-order chi connectivity index (χ1) is 6.19. The fourth-order valence-corrected chi connectivity index (χ4v) is 0.915. The van der Waals surface area contributed by atoms with E-state index >= 15 is 0 Å². The first-order valence-electron chi connectivity index (χ1n) is 4.06. The second kappa shape index (κ2) is 4.05. The van der Waals surface area contributed by atoms with Crippen LogP contribution >= 0.6 is 0 Å². The van der Waals surface area contributed by atoms with Crippen LogP contribution in [0.4, 0.5) is 0 Å². The van der Waals surface area contributed by atoms with Crippen molar-refractivity contribution in [1.82, 2.24) is 0 Å². The summed E-state index contributed by atoms with van der Waals surface area (Å²) in [5.74, 6) is 0.546. The van der Waals surface area contributed by atoms with E-state index < -0.39 is 5.63 Å². The Labute approximate surface area is 76.3 Å². The van der Waals surface area contributed by atoms with Gasteiger partial charge in [-0.25, -0.2) is 4.79 Å². The minimum atomic E-state index is -0.471. The molecule has 13 heavy (non-hydrogen) atoms. The van der Waals surface area contributed by atoms with Crippen molar-refractivity contribution in [2.45, 2.75) is 20.5 Å². The van der Waals surface area contributed by atoms with Crippen LogP contribution in [0, 0.1) is 0 Å². The second-order valence-electron chi connectivity index (χ2n) is 2.74. The minimum Gasteiger partial charge on any atom is -0.423 e. The number of aliphatic hydroxyl groups excluding tert-OH is 1. The molecule has 3 heteroatoms. The summed E-state index contributed by atoms with van der Waals surface area (Å²) >= 11 is 0. The average Bonchev–Trinajstić information content (AvgIpc) is 2.16. The first-order valence-corrected chi connectivity index (χ1v) is 4.06. The lowest BCUT2D eigenvalue weighted by molar-refractivity contribution is 0.274. The molecule has 70 valence electrons. The van der Waals surface area contributed by atoms with Crippen LogP contribution in [0.2, 0.25) is 0 Å². The molecule has 3 nitrogen and oxygen atoms in total. The minimum absolute atomic E-state index is 0.280. The molecular formula is C10H12O3. The Morgan fingerprint density at radius 2 is 2.31 bits per heavy atom. The van der Waals surface area contributed by atoms with Gasteiger partial charge in [-0.3, -0.25) is 0 Å². The first kappa shape index (κ1) is 9.74. The predicted molar refractivity (Wildman–Crippen MR) is 50.2 cm³/mol. The third-order valence-electron chi connectivity index (χ3n) is 1.89. The molecule has 1 aromatic heterocycles. The number of allylic oxidation sites excluding steroid dienone is 2. The van der Waals surface area contributed by atoms with E-state index in [1.165, 1.54) is 0 Å². The van der Waals surface area contributed by atoms with Gasteiger partial charge in [0.15, 0.2) is 0 Å². The molecule has 0 atom stereocenters. The Morgan fingerprint density at radius 1 is 1.62 bits per heavy atom. The zero-order valence-electron chi connectivity index (χ0n) is 7.70. The smallest absolute Gasteiger partial charge is 0.341 e. The number of rotatable bonds is 2. The van der Waals surface area contributed by atoms with Gasteiger partial charge >= 0.3 is 5.63 Å². The molecule has 0 aromatic carbocycles. The van der Waals surface area contributed by atoms with E-state index in [4.69, 9.17) is 9.52 Å². The summed E-state index contributed by atoms with van der Waals surface area (Å²) in [6.45, 7) is 3.45. The van der Waals surface area contributed by atoms with Gasteiger partial charge in [0.1, 0.15) is 5.76 Å². The lowest BCUT2D eigenvalue weighted by atomic mass is 10.2. The monoisotopic (exact) mass is 180 g/mol. The molecule has 0 bridgehead atoms. The Bertz CT molecular complexity index is 374. The summed E-state index contributed by atoms with van der Waals surface area (Å²) in [5, 5.41) is 8.73. The van der Waals surface area contributed by atoms with Gasteiger partial charge in [0.25, 0.3) is 0 Å². The fraction of sp³-hybridized carbons (Fsp3) is 0.300. The van der Waals surface area contributed by atoms with Crippen molar-refractivity contribution in [2.75, 3.05) is 0 Å². The van der Waals surface area contributed by atoms with Crippen LogP contribution in [-0.2, 0) is 6.61 Å². The molecule has 0 aliphatic heterocycles. The topological polar surface area (TPSA) is 50.4 Å². The highest BCUT2D eigenvalue weighted by atomic mass is 16.4. The Kier molecular flexibility index (Phi) is 3.03. The van der Waals surface area contributed by atoms with Crippen LogP contribution in [-0.4, -0.2) is 5.11 Å². The molecule has 0 saturated carbocycles. The number of hydrogen-bond donors (Lipinski definition) is 1. The van der Waals surface area contributed by atoms with Crippen molar-refractivity contribution in [3.05, 3.63) is 40.0 Å². The van der Waals surface area contributed by atoms with Crippen LogP contribution in [0.15, 0.2) is 27.4 Å². The second-order valence-corrected chi connectivity index (χ2v) is 2.74. The van der Waals surface area contributed by atoms with Crippen molar-refractivity contribution < 1.29 is 9.52 Å². The van der Waals surface area contributed by atoms with E-state index in [1.807, 2.05) is 19.9 Å². The Balaban J connectivity index is 3.18. The lowest BCUT2D eigenvalue weighted by Gasteiger charge is -1.99. The maximum absolute atomic E-state index is 11.1. The van der Waals surface area contributed by atoms with E-state index in [0.29, 0.717) is 5.76 Å². The van der Waals surface area contributed by atoms with Crippen molar-refractivity contribution in [1.29, 1.82) is 0 Å². The summed E-state index contributed by atoms with van der Waals surface area (Å²) in [6.07, 6.45) is 1.86. The van der Waals surface area contributed by atoms with Crippen molar-refractivity contribution in [2.24, 2.45) is 0 Å². The van der Waals surface area contributed by atoms with Gasteiger partial charge in [0.05, 0.1) is 12.2 Å². The van der Waals surface area contributed by atoms with Crippen LogP contribution < -0.4 is 5.63 Å².